The second-order valence-electron chi connectivity index (χ2n) is 7.28. The molecule has 1 fully saturated rings. The van der Waals surface area contributed by atoms with Gasteiger partial charge in [0.2, 0.25) is 10.0 Å². The number of nitrogens with zero attached hydrogens (tertiary/aromatic N) is 2. The highest BCUT2D eigenvalue weighted by atomic mass is 32.2. The van der Waals surface area contributed by atoms with Crippen LogP contribution in [0.5, 0.6) is 0 Å². The zero-order chi connectivity index (χ0) is 18.9. The molecule has 0 aliphatic carbocycles. The van der Waals surface area contributed by atoms with Gasteiger partial charge in [0, 0.05) is 24.8 Å². The number of aromatic nitrogens is 1. The summed E-state index contributed by atoms with van der Waals surface area (Å²) in [5, 5.41) is 3.73. The van der Waals surface area contributed by atoms with Crippen LogP contribution in [0.25, 0.3) is 0 Å². The molecule has 0 radical (unpaired) electrons. The lowest BCUT2D eigenvalue weighted by atomic mass is 9.99. The number of benzene rings is 1. The van der Waals surface area contributed by atoms with Crippen molar-refractivity contribution in [3.8, 4) is 0 Å². The molecular weight excluding hydrogens is 350 g/mol. The number of aryl methyl sites for hydroxylation is 2. The Morgan fingerprint density at radius 2 is 1.96 bits per heavy atom. The Balaban J connectivity index is 1.73. The number of hydrogen-bond donors (Lipinski definition) is 1. The van der Waals surface area contributed by atoms with Gasteiger partial charge in [-0.1, -0.05) is 24.2 Å². The number of rotatable bonds is 5. The first-order chi connectivity index (χ1) is 12.3. The minimum absolute atomic E-state index is 0.128. The van der Waals surface area contributed by atoms with Crippen molar-refractivity contribution in [3.63, 3.8) is 0 Å². The lowest BCUT2D eigenvalue weighted by molar-refractivity contribution is 0.390. The molecule has 2 atom stereocenters. The highest BCUT2D eigenvalue weighted by Gasteiger charge is 2.26. The summed E-state index contributed by atoms with van der Waals surface area (Å²) < 4.78 is 33.0. The van der Waals surface area contributed by atoms with Gasteiger partial charge in [0.25, 0.3) is 0 Å². The van der Waals surface area contributed by atoms with Crippen molar-refractivity contribution in [2.75, 3.05) is 18.0 Å². The Kier molecular flexibility index (Phi) is 5.39. The van der Waals surface area contributed by atoms with Crippen molar-refractivity contribution in [3.05, 3.63) is 41.3 Å². The molecular formula is C19H27N3O3S. The highest BCUT2D eigenvalue weighted by Crippen LogP contribution is 2.26. The molecule has 0 saturated carbocycles. The summed E-state index contributed by atoms with van der Waals surface area (Å²) >= 11 is 0. The Morgan fingerprint density at radius 3 is 2.54 bits per heavy atom. The molecule has 7 heteroatoms. The van der Waals surface area contributed by atoms with Gasteiger partial charge < -0.3 is 9.42 Å². The molecule has 1 aliphatic heterocycles. The molecule has 0 spiro atoms. The van der Waals surface area contributed by atoms with Crippen LogP contribution in [0.1, 0.15) is 49.7 Å². The predicted octanol–water partition coefficient (Wildman–Crippen LogP) is 3.57. The number of piperidine rings is 1. The highest BCUT2D eigenvalue weighted by molar-refractivity contribution is 7.89. The molecule has 26 heavy (non-hydrogen) atoms. The van der Waals surface area contributed by atoms with E-state index in [9.17, 15) is 8.42 Å². The quantitative estimate of drug-likeness (QED) is 0.862. The van der Waals surface area contributed by atoms with E-state index in [-0.39, 0.29) is 10.9 Å². The molecule has 0 bridgehead atoms. The summed E-state index contributed by atoms with van der Waals surface area (Å²) in [7, 11) is -3.68. The largest absolute Gasteiger partial charge is 0.371 e. The normalized spacial score (nSPS) is 19.5. The minimum Gasteiger partial charge on any atom is -0.371 e. The van der Waals surface area contributed by atoms with Gasteiger partial charge >= 0.3 is 0 Å². The molecule has 142 valence electrons. The summed E-state index contributed by atoms with van der Waals surface area (Å²) in [6.45, 7) is 9.52. The average molecular weight is 378 g/mol. The van der Waals surface area contributed by atoms with Crippen molar-refractivity contribution in [1.82, 2.24) is 9.88 Å². The van der Waals surface area contributed by atoms with Gasteiger partial charge in [-0.3, -0.25) is 0 Å². The number of nitrogens with one attached hydrogen (secondary N) is 1. The molecule has 3 rings (SSSR count). The lowest BCUT2D eigenvalue weighted by Gasteiger charge is -2.33. The van der Waals surface area contributed by atoms with E-state index >= 15 is 0 Å². The molecule has 1 aromatic heterocycles. The van der Waals surface area contributed by atoms with E-state index in [1.165, 1.54) is 18.5 Å². The van der Waals surface area contributed by atoms with Crippen LogP contribution in [0.2, 0.25) is 0 Å². The van der Waals surface area contributed by atoms with Crippen LogP contribution in [0.3, 0.4) is 0 Å². The van der Waals surface area contributed by atoms with Gasteiger partial charge in [0.05, 0.1) is 0 Å². The van der Waals surface area contributed by atoms with Crippen molar-refractivity contribution in [1.29, 1.82) is 0 Å². The molecule has 0 unspecified atom stereocenters. The fraction of sp³-hybridized carbons (Fsp3) is 0.526. The maximum Gasteiger partial charge on any atom is 0.246 e. The van der Waals surface area contributed by atoms with E-state index in [0.717, 1.165) is 18.7 Å². The fourth-order valence-electron chi connectivity index (χ4n) is 3.62. The summed E-state index contributed by atoms with van der Waals surface area (Å²) in [5.41, 5.74) is 2.49. The number of sulfonamides is 1. The van der Waals surface area contributed by atoms with E-state index in [1.54, 1.807) is 13.8 Å². The Bertz CT molecular complexity index is 839. The Hall–Kier alpha value is -1.86. The van der Waals surface area contributed by atoms with Crippen LogP contribution in [-0.4, -0.2) is 26.7 Å². The van der Waals surface area contributed by atoms with Crippen molar-refractivity contribution in [2.45, 2.75) is 51.5 Å². The van der Waals surface area contributed by atoms with Crippen LogP contribution < -0.4 is 9.62 Å². The first-order valence-electron chi connectivity index (χ1n) is 9.08. The molecule has 1 N–H and O–H groups in total. The van der Waals surface area contributed by atoms with E-state index in [2.05, 4.69) is 33.8 Å². The SMILES string of the molecule is Cc1noc(C)c1S(=O)(=O)N[C@H](C)c1ccc(N2CCC[C@@H](C)C2)cc1. The van der Waals surface area contributed by atoms with Crippen LogP contribution in [0.15, 0.2) is 33.7 Å². The molecule has 1 aromatic carbocycles. The van der Waals surface area contributed by atoms with Gasteiger partial charge in [-0.15, -0.1) is 0 Å². The summed E-state index contributed by atoms with van der Waals surface area (Å²) in [4.78, 5) is 2.53. The summed E-state index contributed by atoms with van der Waals surface area (Å²) in [5.74, 6) is 1.01. The fourth-order valence-corrected chi connectivity index (χ4v) is 5.18. The second-order valence-corrected chi connectivity index (χ2v) is 8.93. The predicted molar refractivity (Wildman–Crippen MR) is 102 cm³/mol. The summed E-state index contributed by atoms with van der Waals surface area (Å²) in [6, 6.07) is 7.80. The molecule has 6 nitrogen and oxygen atoms in total. The zero-order valence-electron chi connectivity index (χ0n) is 15.8. The molecule has 2 aromatic rings. The van der Waals surface area contributed by atoms with Crippen LogP contribution in [0.4, 0.5) is 5.69 Å². The molecule has 2 heterocycles. The lowest BCUT2D eigenvalue weighted by Crippen LogP contribution is -2.34. The standard InChI is InChI=1S/C19H27N3O3S/c1-13-6-5-11-22(12-13)18-9-7-17(8-10-18)14(2)21-26(23,24)19-15(3)20-25-16(19)4/h7-10,13-14,21H,5-6,11-12H2,1-4H3/t13-,14-/m1/s1. The Labute approximate surface area is 155 Å². The van der Waals surface area contributed by atoms with Gasteiger partial charge in [-0.25, -0.2) is 13.1 Å². The maximum atomic E-state index is 12.6. The number of hydrogen-bond acceptors (Lipinski definition) is 5. The number of anilines is 1. The van der Waals surface area contributed by atoms with Gasteiger partial charge in [0.1, 0.15) is 10.6 Å². The second kappa shape index (κ2) is 7.40. The summed E-state index contributed by atoms with van der Waals surface area (Å²) in [6.07, 6.45) is 2.51. The van der Waals surface area contributed by atoms with E-state index in [1.807, 2.05) is 19.1 Å². The smallest absolute Gasteiger partial charge is 0.246 e. The van der Waals surface area contributed by atoms with Crippen molar-refractivity contribution >= 4 is 15.7 Å². The van der Waals surface area contributed by atoms with E-state index in [4.69, 9.17) is 4.52 Å². The van der Waals surface area contributed by atoms with Gasteiger partial charge in [-0.2, -0.15) is 0 Å². The van der Waals surface area contributed by atoms with Crippen molar-refractivity contribution in [2.24, 2.45) is 5.92 Å². The first kappa shape index (κ1) is 18.9. The maximum absolute atomic E-state index is 12.6. The minimum atomic E-state index is -3.68. The third-order valence-electron chi connectivity index (χ3n) is 4.98. The van der Waals surface area contributed by atoms with Gasteiger partial charge in [0.15, 0.2) is 5.76 Å². The molecule has 1 saturated heterocycles. The average Bonchev–Trinajstić information content (AvgIpc) is 2.94. The third-order valence-corrected chi connectivity index (χ3v) is 6.77. The first-order valence-corrected chi connectivity index (χ1v) is 10.6. The van der Waals surface area contributed by atoms with Crippen LogP contribution in [0, 0.1) is 19.8 Å². The van der Waals surface area contributed by atoms with E-state index < -0.39 is 10.0 Å². The Morgan fingerprint density at radius 1 is 1.27 bits per heavy atom. The topological polar surface area (TPSA) is 75.4 Å². The van der Waals surface area contributed by atoms with Crippen molar-refractivity contribution < 1.29 is 12.9 Å². The van der Waals surface area contributed by atoms with Crippen LogP contribution >= 0.6 is 0 Å². The van der Waals surface area contributed by atoms with Gasteiger partial charge in [-0.05, 0) is 57.2 Å². The zero-order valence-corrected chi connectivity index (χ0v) is 16.6. The molecule has 1 aliphatic rings. The van der Waals surface area contributed by atoms with Crippen LogP contribution in [-0.2, 0) is 10.0 Å². The van der Waals surface area contributed by atoms with E-state index in [0.29, 0.717) is 17.4 Å². The molecule has 0 amide bonds. The third kappa shape index (κ3) is 3.94. The monoisotopic (exact) mass is 377 g/mol.